The summed E-state index contributed by atoms with van der Waals surface area (Å²) in [5, 5.41) is 3.25. The number of carbonyl (C=O) groups excluding carboxylic acids is 1. The maximum Gasteiger partial charge on any atom is 0.260 e. The maximum atomic E-state index is 13.1. The van der Waals surface area contributed by atoms with Crippen molar-refractivity contribution in [2.24, 2.45) is 0 Å². The molecule has 0 bridgehead atoms. The third-order valence-electron chi connectivity index (χ3n) is 4.57. The van der Waals surface area contributed by atoms with Crippen LogP contribution in [0.4, 0.5) is 0 Å². The van der Waals surface area contributed by atoms with Gasteiger partial charge in [0.15, 0.2) is 5.78 Å². The molecule has 28 heavy (non-hydrogen) atoms. The molecule has 0 atom stereocenters. The van der Waals surface area contributed by atoms with E-state index < -0.39 is 5.56 Å². The van der Waals surface area contributed by atoms with Crippen molar-refractivity contribution in [1.82, 2.24) is 4.98 Å². The van der Waals surface area contributed by atoms with Crippen LogP contribution in [0.1, 0.15) is 20.8 Å². The maximum absolute atomic E-state index is 13.1. The number of rotatable bonds is 4. The van der Waals surface area contributed by atoms with Gasteiger partial charge >= 0.3 is 0 Å². The minimum Gasteiger partial charge on any atom is -0.321 e. The summed E-state index contributed by atoms with van der Waals surface area (Å²) >= 11 is 7.76. The van der Waals surface area contributed by atoms with E-state index in [0.717, 1.165) is 21.4 Å². The van der Waals surface area contributed by atoms with Gasteiger partial charge in [-0.3, -0.25) is 9.59 Å². The summed E-state index contributed by atoms with van der Waals surface area (Å²) in [6.07, 6.45) is 3.23. The fourth-order valence-electron chi connectivity index (χ4n) is 3.19. The van der Waals surface area contributed by atoms with E-state index in [1.54, 1.807) is 35.6 Å². The zero-order valence-electron chi connectivity index (χ0n) is 15.0. The number of carbonyl (C=O) groups is 1. The van der Waals surface area contributed by atoms with E-state index in [0.29, 0.717) is 16.1 Å². The molecular weight excluding hydrogens is 390 g/mol. The molecule has 2 aromatic carbocycles. The number of hydrogen-bond acceptors (Lipinski definition) is 3. The Morgan fingerprint density at radius 1 is 1.11 bits per heavy atom. The summed E-state index contributed by atoms with van der Waals surface area (Å²) in [5.41, 5.74) is 2.83. The quantitative estimate of drug-likeness (QED) is 0.328. The number of H-pyrrole nitrogens is 1. The zero-order chi connectivity index (χ0) is 19.7. The monoisotopic (exact) mass is 405 g/mol. The molecule has 4 aromatic rings. The Kier molecular flexibility index (Phi) is 4.99. The number of nitrogens with one attached hydrogen (secondary N) is 1. The second-order valence-corrected chi connectivity index (χ2v) is 7.81. The third-order valence-corrected chi connectivity index (χ3v) is 5.79. The highest BCUT2D eigenvalue weighted by atomic mass is 35.5. The van der Waals surface area contributed by atoms with E-state index in [2.05, 4.69) is 4.98 Å². The number of pyridine rings is 1. The second kappa shape index (κ2) is 7.58. The Balaban J connectivity index is 1.96. The van der Waals surface area contributed by atoms with E-state index in [4.69, 9.17) is 11.6 Å². The SMILES string of the molecule is Cc1ccsc1/C=C/C(=O)c1c(-c2ccccc2)c2cc(Cl)ccc2[nH]c1=O. The number of thiophene rings is 1. The van der Waals surface area contributed by atoms with Gasteiger partial charge in [-0.25, -0.2) is 0 Å². The summed E-state index contributed by atoms with van der Waals surface area (Å²) in [6, 6.07) is 16.7. The van der Waals surface area contributed by atoms with Crippen molar-refractivity contribution >= 4 is 45.7 Å². The Morgan fingerprint density at radius 2 is 1.89 bits per heavy atom. The smallest absolute Gasteiger partial charge is 0.260 e. The van der Waals surface area contributed by atoms with Crippen LogP contribution in [0.2, 0.25) is 5.02 Å². The van der Waals surface area contributed by atoms with Crippen LogP contribution in [0.15, 0.2) is 70.8 Å². The minimum absolute atomic E-state index is 0.117. The lowest BCUT2D eigenvalue weighted by atomic mass is 9.94. The first kappa shape index (κ1) is 18.4. The molecule has 0 aliphatic heterocycles. The van der Waals surface area contributed by atoms with Gasteiger partial charge in [0.25, 0.3) is 5.56 Å². The van der Waals surface area contributed by atoms with Crippen LogP contribution in [0.25, 0.3) is 28.1 Å². The molecule has 3 nitrogen and oxygen atoms in total. The zero-order valence-corrected chi connectivity index (χ0v) is 16.6. The van der Waals surface area contributed by atoms with Gasteiger partial charge in [0.1, 0.15) is 0 Å². The highest BCUT2D eigenvalue weighted by molar-refractivity contribution is 7.11. The number of aromatic nitrogens is 1. The highest BCUT2D eigenvalue weighted by Crippen LogP contribution is 2.31. The van der Waals surface area contributed by atoms with E-state index in [-0.39, 0.29) is 11.3 Å². The number of hydrogen-bond donors (Lipinski definition) is 1. The van der Waals surface area contributed by atoms with Crippen molar-refractivity contribution in [3.63, 3.8) is 0 Å². The van der Waals surface area contributed by atoms with Gasteiger partial charge in [0.05, 0.1) is 5.56 Å². The average molecular weight is 406 g/mol. The molecule has 1 N–H and O–H groups in total. The molecule has 138 valence electrons. The molecule has 0 saturated carbocycles. The molecule has 5 heteroatoms. The predicted molar refractivity (Wildman–Crippen MR) is 117 cm³/mol. The number of ketones is 1. The van der Waals surface area contributed by atoms with E-state index in [1.807, 2.05) is 48.7 Å². The van der Waals surface area contributed by atoms with Gasteiger partial charge in [-0.1, -0.05) is 41.9 Å². The number of halogens is 1. The third kappa shape index (κ3) is 3.44. The molecule has 0 spiro atoms. The molecule has 0 unspecified atom stereocenters. The van der Waals surface area contributed by atoms with Crippen molar-refractivity contribution in [2.45, 2.75) is 6.92 Å². The fraction of sp³-hybridized carbons (Fsp3) is 0.0435. The number of fused-ring (bicyclic) bond motifs is 1. The van der Waals surface area contributed by atoms with Gasteiger partial charge < -0.3 is 4.98 Å². The van der Waals surface area contributed by atoms with Gasteiger partial charge in [0, 0.05) is 26.4 Å². The van der Waals surface area contributed by atoms with Crippen molar-refractivity contribution in [1.29, 1.82) is 0 Å². The molecule has 4 rings (SSSR count). The normalized spacial score (nSPS) is 11.4. The Bertz CT molecular complexity index is 1270. The van der Waals surface area contributed by atoms with Gasteiger partial charge in [0.2, 0.25) is 0 Å². The van der Waals surface area contributed by atoms with Crippen molar-refractivity contribution < 1.29 is 4.79 Å². The lowest BCUT2D eigenvalue weighted by molar-refractivity contribution is 0.104. The Hall–Kier alpha value is -2.95. The van der Waals surface area contributed by atoms with Crippen LogP contribution < -0.4 is 5.56 Å². The van der Waals surface area contributed by atoms with Crippen LogP contribution in [0, 0.1) is 6.92 Å². The summed E-state index contributed by atoms with van der Waals surface area (Å²) < 4.78 is 0. The Labute approximate surface area is 170 Å². The van der Waals surface area contributed by atoms with E-state index in [9.17, 15) is 9.59 Å². The van der Waals surface area contributed by atoms with Gasteiger partial charge in [-0.05, 0) is 59.8 Å². The summed E-state index contributed by atoms with van der Waals surface area (Å²) in [5.74, 6) is -0.338. The van der Waals surface area contributed by atoms with E-state index in [1.165, 1.54) is 6.08 Å². The van der Waals surface area contributed by atoms with Crippen molar-refractivity contribution in [3.05, 3.63) is 97.4 Å². The standard InChI is InChI=1S/C23H16ClNO2S/c1-14-11-12-28-20(14)10-9-19(26)22-21(15-5-3-2-4-6-15)17-13-16(24)7-8-18(17)25-23(22)27/h2-13H,1H3,(H,25,27)/b10-9+. The molecule has 0 saturated heterocycles. The molecule has 2 aromatic heterocycles. The molecule has 0 fully saturated rings. The largest absolute Gasteiger partial charge is 0.321 e. The van der Waals surface area contributed by atoms with Crippen LogP contribution in [0.5, 0.6) is 0 Å². The topological polar surface area (TPSA) is 49.9 Å². The molecule has 0 amide bonds. The highest BCUT2D eigenvalue weighted by Gasteiger charge is 2.19. The van der Waals surface area contributed by atoms with Gasteiger partial charge in [-0.2, -0.15) is 0 Å². The summed E-state index contributed by atoms with van der Waals surface area (Å²) in [4.78, 5) is 29.7. The lowest BCUT2D eigenvalue weighted by Crippen LogP contribution is -2.18. The number of aromatic amines is 1. The first-order valence-corrected chi connectivity index (χ1v) is 9.98. The minimum atomic E-state index is -0.411. The van der Waals surface area contributed by atoms with Crippen LogP contribution >= 0.6 is 22.9 Å². The van der Waals surface area contributed by atoms with E-state index >= 15 is 0 Å². The van der Waals surface area contributed by atoms with Crippen LogP contribution in [0.3, 0.4) is 0 Å². The lowest BCUT2D eigenvalue weighted by Gasteiger charge is -2.11. The second-order valence-electron chi connectivity index (χ2n) is 6.43. The van der Waals surface area contributed by atoms with Crippen molar-refractivity contribution in [3.8, 4) is 11.1 Å². The Morgan fingerprint density at radius 3 is 2.61 bits per heavy atom. The van der Waals surface area contributed by atoms with Gasteiger partial charge in [-0.15, -0.1) is 11.3 Å². The first-order valence-electron chi connectivity index (χ1n) is 8.72. The molecule has 0 aliphatic carbocycles. The molecule has 0 radical (unpaired) electrons. The molecular formula is C23H16ClNO2S. The molecule has 0 aliphatic rings. The fourth-order valence-corrected chi connectivity index (χ4v) is 4.19. The number of benzene rings is 2. The van der Waals surface area contributed by atoms with Crippen LogP contribution in [-0.4, -0.2) is 10.8 Å². The first-order chi connectivity index (χ1) is 13.5. The van der Waals surface area contributed by atoms with Crippen molar-refractivity contribution in [2.75, 3.05) is 0 Å². The number of aryl methyl sites for hydroxylation is 1. The number of allylic oxidation sites excluding steroid dienone is 1. The summed E-state index contributed by atoms with van der Waals surface area (Å²) in [6.45, 7) is 1.99. The predicted octanol–water partition coefficient (Wildman–Crippen LogP) is 6.11. The summed E-state index contributed by atoms with van der Waals surface area (Å²) in [7, 11) is 0. The average Bonchev–Trinajstić information content (AvgIpc) is 3.11. The molecule has 2 heterocycles. The van der Waals surface area contributed by atoms with Crippen LogP contribution in [-0.2, 0) is 0 Å².